The van der Waals surface area contributed by atoms with Crippen LogP contribution in [-0.4, -0.2) is 11.5 Å². The molecule has 0 bridgehead atoms. The summed E-state index contributed by atoms with van der Waals surface area (Å²) in [6.45, 7) is 5.88. The van der Waals surface area contributed by atoms with Gasteiger partial charge in [-0.25, -0.2) is 4.39 Å². The smallest absolute Gasteiger partial charge is 0.215 e. The van der Waals surface area contributed by atoms with Gasteiger partial charge in [-0.2, -0.15) is 0 Å². The van der Waals surface area contributed by atoms with E-state index < -0.39 is 6.36 Å². The highest BCUT2D eigenvalue weighted by Gasteiger charge is 1.94. The van der Waals surface area contributed by atoms with Crippen molar-refractivity contribution in [3.05, 3.63) is 23.3 Å². The van der Waals surface area contributed by atoms with Gasteiger partial charge in [-0.05, 0) is 39.7 Å². The molecule has 0 radical (unpaired) electrons. The Labute approximate surface area is 73.6 Å². The van der Waals surface area contributed by atoms with Crippen LogP contribution in [0.1, 0.15) is 33.6 Å². The largest absolute Gasteiger partial charge is 0.361 e. The SMILES string of the molecule is CC(C)=CCC/C(C)=C\C(O)F. The number of alkyl halides is 1. The maximum absolute atomic E-state index is 12.0. The summed E-state index contributed by atoms with van der Waals surface area (Å²) in [6.07, 6.45) is 3.25. The molecule has 0 amide bonds. The van der Waals surface area contributed by atoms with Crippen molar-refractivity contribution in [2.75, 3.05) is 0 Å². The van der Waals surface area contributed by atoms with E-state index in [1.54, 1.807) is 0 Å². The van der Waals surface area contributed by atoms with E-state index in [0.717, 1.165) is 18.4 Å². The Morgan fingerprint density at radius 3 is 2.42 bits per heavy atom. The minimum Gasteiger partial charge on any atom is -0.361 e. The van der Waals surface area contributed by atoms with Crippen molar-refractivity contribution in [2.45, 2.75) is 40.0 Å². The van der Waals surface area contributed by atoms with E-state index >= 15 is 0 Å². The van der Waals surface area contributed by atoms with Crippen LogP contribution in [-0.2, 0) is 0 Å². The van der Waals surface area contributed by atoms with Crippen molar-refractivity contribution >= 4 is 0 Å². The lowest BCUT2D eigenvalue weighted by atomic mass is 10.1. The van der Waals surface area contributed by atoms with Crippen molar-refractivity contribution < 1.29 is 9.50 Å². The second kappa shape index (κ2) is 5.95. The fourth-order valence-electron chi connectivity index (χ4n) is 0.907. The van der Waals surface area contributed by atoms with Crippen LogP contribution in [0.25, 0.3) is 0 Å². The second-order valence-electron chi connectivity index (χ2n) is 3.21. The highest BCUT2D eigenvalue weighted by atomic mass is 19.1. The molecule has 0 aromatic rings. The van der Waals surface area contributed by atoms with Crippen LogP contribution in [0.15, 0.2) is 23.3 Å². The van der Waals surface area contributed by atoms with Crippen molar-refractivity contribution in [1.82, 2.24) is 0 Å². The molecule has 1 unspecified atom stereocenters. The van der Waals surface area contributed by atoms with Gasteiger partial charge in [0, 0.05) is 0 Å². The highest BCUT2D eigenvalue weighted by molar-refractivity contribution is 5.02. The summed E-state index contributed by atoms with van der Waals surface area (Å²) >= 11 is 0. The Hall–Kier alpha value is -0.630. The summed E-state index contributed by atoms with van der Waals surface area (Å²) in [6, 6.07) is 0. The number of rotatable bonds is 4. The number of allylic oxidation sites excluding steroid dienone is 3. The number of hydrogen-bond acceptors (Lipinski definition) is 1. The Kier molecular flexibility index (Phi) is 5.64. The summed E-state index contributed by atoms with van der Waals surface area (Å²) in [4.78, 5) is 0. The van der Waals surface area contributed by atoms with E-state index in [4.69, 9.17) is 5.11 Å². The molecule has 0 saturated heterocycles. The first-order valence-corrected chi connectivity index (χ1v) is 4.15. The zero-order valence-corrected chi connectivity index (χ0v) is 7.97. The monoisotopic (exact) mass is 172 g/mol. The molecule has 0 heterocycles. The van der Waals surface area contributed by atoms with Gasteiger partial charge in [0.25, 0.3) is 0 Å². The molecular weight excluding hydrogens is 155 g/mol. The zero-order valence-electron chi connectivity index (χ0n) is 7.97. The summed E-state index contributed by atoms with van der Waals surface area (Å²) in [5, 5.41) is 8.37. The molecule has 2 heteroatoms. The van der Waals surface area contributed by atoms with Gasteiger partial charge >= 0.3 is 0 Å². The summed E-state index contributed by atoms with van der Waals surface area (Å²) in [7, 11) is 0. The van der Waals surface area contributed by atoms with Gasteiger partial charge in [-0.1, -0.05) is 17.2 Å². The third-order valence-corrected chi connectivity index (χ3v) is 1.51. The molecule has 0 aromatic carbocycles. The maximum Gasteiger partial charge on any atom is 0.215 e. The molecule has 1 atom stereocenters. The number of aliphatic hydroxyl groups excluding tert-OH is 1. The van der Waals surface area contributed by atoms with Crippen molar-refractivity contribution in [3.63, 3.8) is 0 Å². The van der Waals surface area contributed by atoms with Gasteiger partial charge in [-0.3, -0.25) is 0 Å². The number of halogens is 1. The van der Waals surface area contributed by atoms with E-state index in [-0.39, 0.29) is 0 Å². The standard InChI is InChI=1S/C10H17FO/c1-8(2)5-4-6-9(3)7-10(11)12/h5,7,10,12H,4,6H2,1-3H3/b9-7-. The van der Waals surface area contributed by atoms with Gasteiger partial charge in [0.2, 0.25) is 6.36 Å². The van der Waals surface area contributed by atoms with Gasteiger partial charge < -0.3 is 5.11 Å². The number of aliphatic hydroxyl groups is 1. The molecule has 0 aliphatic heterocycles. The molecule has 0 aliphatic carbocycles. The van der Waals surface area contributed by atoms with E-state index in [1.165, 1.54) is 11.6 Å². The lowest BCUT2D eigenvalue weighted by Gasteiger charge is -1.98. The molecule has 70 valence electrons. The van der Waals surface area contributed by atoms with Crippen LogP contribution in [0.5, 0.6) is 0 Å². The van der Waals surface area contributed by atoms with E-state index in [9.17, 15) is 4.39 Å². The van der Waals surface area contributed by atoms with Gasteiger partial charge in [0.1, 0.15) is 0 Å². The zero-order chi connectivity index (χ0) is 9.56. The first-order valence-electron chi connectivity index (χ1n) is 4.15. The van der Waals surface area contributed by atoms with Crippen LogP contribution in [0.4, 0.5) is 4.39 Å². The minimum atomic E-state index is -1.81. The molecule has 0 aliphatic rings. The first-order chi connectivity index (χ1) is 5.52. The normalized spacial score (nSPS) is 14.2. The van der Waals surface area contributed by atoms with Gasteiger partial charge in [0.05, 0.1) is 0 Å². The highest BCUT2D eigenvalue weighted by Crippen LogP contribution is 2.07. The first kappa shape index (κ1) is 11.4. The molecule has 0 fully saturated rings. The molecule has 0 rings (SSSR count). The van der Waals surface area contributed by atoms with E-state index in [0.29, 0.717) is 0 Å². The third-order valence-electron chi connectivity index (χ3n) is 1.51. The van der Waals surface area contributed by atoms with Crippen LogP contribution < -0.4 is 0 Å². The minimum absolute atomic E-state index is 0.812. The Balaban J connectivity index is 3.71. The molecular formula is C10H17FO. The van der Waals surface area contributed by atoms with Crippen LogP contribution in [0, 0.1) is 0 Å². The van der Waals surface area contributed by atoms with Crippen LogP contribution in [0.2, 0.25) is 0 Å². The van der Waals surface area contributed by atoms with Crippen LogP contribution in [0.3, 0.4) is 0 Å². The third kappa shape index (κ3) is 7.48. The summed E-state index contributed by atoms with van der Waals surface area (Å²) in [5.74, 6) is 0. The molecule has 0 saturated carbocycles. The second-order valence-corrected chi connectivity index (χ2v) is 3.21. The Morgan fingerprint density at radius 1 is 1.42 bits per heavy atom. The molecule has 1 N–H and O–H groups in total. The van der Waals surface area contributed by atoms with Crippen LogP contribution >= 0.6 is 0 Å². The fourth-order valence-corrected chi connectivity index (χ4v) is 0.907. The molecule has 0 aromatic heterocycles. The summed E-state index contributed by atoms with van der Waals surface area (Å²) in [5.41, 5.74) is 2.16. The quantitative estimate of drug-likeness (QED) is 0.646. The lowest BCUT2D eigenvalue weighted by Crippen LogP contribution is -1.92. The number of hydrogen-bond donors (Lipinski definition) is 1. The average Bonchev–Trinajstić information content (AvgIpc) is 1.84. The van der Waals surface area contributed by atoms with Crippen molar-refractivity contribution in [3.8, 4) is 0 Å². The molecule has 12 heavy (non-hydrogen) atoms. The van der Waals surface area contributed by atoms with E-state index in [1.807, 2.05) is 20.8 Å². The average molecular weight is 172 g/mol. The van der Waals surface area contributed by atoms with Gasteiger partial charge in [-0.15, -0.1) is 0 Å². The maximum atomic E-state index is 12.0. The predicted octanol–water partition coefficient (Wildman–Crippen LogP) is 2.97. The summed E-state index contributed by atoms with van der Waals surface area (Å²) < 4.78 is 12.0. The van der Waals surface area contributed by atoms with Gasteiger partial charge in [0.15, 0.2) is 0 Å². The van der Waals surface area contributed by atoms with Crippen molar-refractivity contribution in [1.29, 1.82) is 0 Å². The van der Waals surface area contributed by atoms with E-state index in [2.05, 4.69) is 6.08 Å². The Bertz CT molecular complexity index is 176. The molecule has 1 nitrogen and oxygen atoms in total. The molecule has 0 spiro atoms. The predicted molar refractivity (Wildman–Crippen MR) is 49.5 cm³/mol. The lowest BCUT2D eigenvalue weighted by molar-refractivity contribution is 0.0874. The fraction of sp³-hybridized carbons (Fsp3) is 0.600. The Morgan fingerprint density at radius 2 is 2.00 bits per heavy atom. The topological polar surface area (TPSA) is 20.2 Å². The van der Waals surface area contributed by atoms with Crippen molar-refractivity contribution in [2.24, 2.45) is 0 Å².